The zero-order chi connectivity index (χ0) is 23.3. The van der Waals surface area contributed by atoms with Gasteiger partial charge in [-0.1, -0.05) is 47.1 Å². The third-order valence-corrected chi connectivity index (χ3v) is 5.70. The molecule has 2 aromatic carbocycles. The lowest BCUT2D eigenvalue weighted by atomic mass is 10.1. The predicted octanol–water partition coefficient (Wildman–Crippen LogP) is 5.30. The summed E-state index contributed by atoms with van der Waals surface area (Å²) in [5, 5.41) is 11.0. The Kier molecular flexibility index (Phi) is 7.81. The van der Waals surface area contributed by atoms with Gasteiger partial charge in [0.1, 0.15) is 0 Å². The van der Waals surface area contributed by atoms with E-state index in [0.29, 0.717) is 24.1 Å². The molecule has 11 heteroatoms. The number of halogens is 4. The Hall–Kier alpha value is -2.56. The van der Waals surface area contributed by atoms with Crippen LogP contribution in [0.15, 0.2) is 47.6 Å². The van der Waals surface area contributed by atoms with Crippen LogP contribution >= 0.6 is 23.4 Å². The van der Waals surface area contributed by atoms with Crippen molar-refractivity contribution in [3.63, 3.8) is 0 Å². The van der Waals surface area contributed by atoms with Gasteiger partial charge in [-0.3, -0.25) is 9.36 Å². The molecule has 0 spiro atoms. The second-order valence-electron chi connectivity index (χ2n) is 6.85. The third-order valence-electron chi connectivity index (χ3n) is 4.40. The van der Waals surface area contributed by atoms with Crippen LogP contribution in [0.1, 0.15) is 11.1 Å². The molecule has 3 aromatic rings. The zero-order valence-electron chi connectivity index (χ0n) is 17.2. The Balaban J connectivity index is 1.73. The highest BCUT2D eigenvalue weighted by Crippen LogP contribution is 2.36. The van der Waals surface area contributed by atoms with E-state index in [1.165, 1.54) is 6.07 Å². The molecule has 0 fully saturated rings. The molecule has 0 saturated heterocycles. The average Bonchev–Trinajstić information content (AvgIpc) is 3.14. The van der Waals surface area contributed by atoms with E-state index < -0.39 is 22.7 Å². The van der Waals surface area contributed by atoms with Crippen LogP contribution in [0.2, 0.25) is 5.02 Å². The molecule has 1 heterocycles. The number of amides is 1. The number of nitrogens with zero attached hydrogens (tertiary/aromatic N) is 3. The van der Waals surface area contributed by atoms with Crippen molar-refractivity contribution in [1.82, 2.24) is 14.8 Å². The number of aromatic nitrogens is 3. The Morgan fingerprint density at radius 2 is 2.00 bits per heavy atom. The SMILES string of the molecule is COCCn1c(SCC(=O)Nc2ccc(Cl)c(C(F)(F)F)c2)nnc1-c1cccc(C)c1. The van der Waals surface area contributed by atoms with E-state index in [9.17, 15) is 18.0 Å². The minimum Gasteiger partial charge on any atom is -0.383 e. The molecule has 0 radical (unpaired) electrons. The molecule has 170 valence electrons. The maximum Gasteiger partial charge on any atom is 0.417 e. The van der Waals surface area contributed by atoms with Gasteiger partial charge in [-0.15, -0.1) is 10.2 Å². The molecule has 32 heavy (non-hydrogen) atoms. The Morgan fingerprint density at radius 1 is 1.22 bits per heavy atom. The van der Waals surface area contributed by atoms with E-state index in [1.54, 1.807) is 7.11 Å². The zero-order valence-corrected chi connectivity index (χ0v) is 18.8. The molecular weight excluding hydrogens is 465 g/mol. The quantitative estimate of drug-likeness (QED) is 0.439. The monoisotopic (exact) mass is 484 g/mol. The van der Waals surface area contributed by atoms with Crippen molar-refractivity contribution in [3.8, 4) is 11.4 Å². The number of hydrogen-bond donors (Lipinski definition) is 1. The van der Waals surface area contributed by atoms with Crippen LogP contribution in [0.4, 0.5) is 18.9 Å². The van der Waals surface area contributed by atoms with E-state index in [-0.39, 0.29) is 11.4 Å². The van der Waals surface area contributed by atoms with E-state index in [0.717, 1.165) is 35.0 Å². The minimum absolute atomic E-state index is 0.00799. The first-order valence-electron chi connectivity index (χ1n) is 9.47. The molecule has 3 rings (SSSR count). The number of ether oxygens (including phenoxy) is 1. The number of benzene rings is 2. The Morgan fingerprint density at radius 3 is 2.69 bits per heavy atom. The number of rotatable bonds is 8. The maximum atomic E-state index is 13.0. The van der Waals surface area contributed by atoms with E-state index in [1.807, 2.05) is 35.8 Å². The van der Waals surface area contributed by atoms with Gasteiger partial charge in [0.15, 0.2) is 11.0 Å². The predicted molar refractivity (Wildman–Crippen MR) is 118 cm³/mol. The number of nitrogens with one attached hydrogen (secondary N) is 1. The number of hydrogen-bond acceptors (Lipinski definition) is 5. The van der Waals surface area contributed by atoms with Gasteiger partial charge in [0.25, 0.3) is 0 Å². The van der Waals surface area contributed by atoms with E-state index >= 15 is 0 Å². The lowest BCUT2D eigenvalue weighted by molar-refractivity contribution is -0.137. The highest BCUT2D eigenvalue weighted by Gasteiger charge is 2.33. The molecule has 0 aliphatic carbocycles. The van der Waals surface area contributed by atoms with Crippen molar-refractivity contribution in [3.05, 3.63) is 58.6 Å². The van der Waals surface area contributed by atoms with Gasteiger partial charge in [-0.2, -0.15) is 13.2 Å². The van der Waals surface area contributed by atoms with Crippen molar-refractivity contribution in [1.29, 1.82) is 0 Å². The Bertz CT molecular complexity index is 1100. The molecule has 0 bridgehead atoms. The summed E-state index contributed by atoms with van der Waals surface area (Å²) < 4.78 is 46.1. The largest absolute Gasteiger partial charge is 0.417 e. The summed E-state index contributed by atoms with van der Waals surface area (Å²) in [5.41, 5.74) is 0.949. The van der Waals surface area contributed by atoms with Crippen molar-refractivity contribution < 1.29 is 22.7 Å². The summed E-state index contributed by atoms with van der Waals surface area (Å²) in [4.78, 5) is 12.4. The second-order valence-corrected chi connectivity index (χ2v) is 8.20. The second kappa shape index (κ2) is 10.4. The molecule has 1 N–H and O–H groups in total. The van der Waals surface area contributed by atoms with Crippen molar-refractivity contribution >= 4 is 35.0 Å². The summed E-state index contributed by atoms with van der Waals surface area (Å²) in [7, 11) is 1.58. The summed E-state index contributed by atoms with van der Waals surface area (Å²) in [6.45, 7) is 2.87. The molecule has 6 nitrogen and oxygen atoms in total. The highest BCUT2D eigenvalue weighted by molar-refractivity contribution is 7.99. The molecule has 0 unspecified atom stereocenters. The number of carbonyl (C=O) groups excluding carboxylic acids is 1. The lowest BCUT2D eigenvalue weighted by Gasteiger charge is -2.12. The van der Waals surface area contributed by atoms with Crippen LogP contribution in [-0.2, 0) is 22.3 Å². The van der Waals surface area contributed by atoms with E-state index in [2.05, 4.69) is 15.5 Å². The fraction of sp³-hybridized carbons (Fsp3) is 0.286. The number of carbonyl (C=O) groups is 1. The summed E-state index contributed by atoms with van der Waals surface area (Å²) >= 11 is 6.75. The maximum absolute atomic E-state index is 13.0. The van der Waals surface area contributed by atoms with E-state index in [4.69, 9.17) is 16.3 Å². The first-order valence-corrected chi connectivity index (χ1v) is 10.8. The number of alkyl halides is 3. The van der Waals surface area contributed by atoms with Gasteiger partial charge >= 0.3 is 6.18 Å². The molecule has 1 aromatic heterocycles. The normalized spacial score (nSPS) is 11.6. The summed E-state index contributed by atoms with van der Waals surface area (Å²) in [6, 6.07) is 11.0. The summed E-state index contributed by atoms with van der Waals surface area (Å²) in [6.07, 6.45) is -4.61. The smallest absolute Gasteiger partial charge is 0.383 e. The molecule has 0 aliphatic rings. The molecule has 0 atom stereocenters. The third kappa shape index (κ3) is 6.02. The average molecular weight is 485 g/mol. The van der Waals surface area contributed by atoms with Crippen LogP contribution in [0, 0.1) is 6.92 Å². The van der Waals surface area contributed by atoms with Gasteiger partial charge in [0, 0.05) is 18.4 Å². The molecule has 0 saturated carbocycles. The van der Waals surface area contributed by atoms with Crippen molar-refractivity contribution in [2.75, 3.05) is 24.8 Å². The molecule has 1 amide bonds. The lowest BCUT2D eigenvalue weighted by Crippen LogP contribution is -2.16. The van der Waals surface area contributed by atoms with Crippen molar-refractivity contribution in [2.45, 2.75) is 24.8 Å². The number of anilines is 1. The number of aryl methyl sites for hydroxylation is 1. The molecule has 0 aliphatic heterocycles. The van der Waals surface area contributed by atoms with Gasteiger partial charge < -0.3 is 10.1 Å². The van der Waals surface area contributed by atoms with Crippen LogP contribution in [-0.4, -0.2) is 40.1 Å². The summed E-state index contributed by atoms with van der Waals surface area (Å²) in [5.74, 6) is 0.0909. The Labute approximate surface area is 192 Å². The standard InChI is InChI=1S/C21H20ClF3N4O2S/c1-13-4-3-5-14(10-13)19-27-28-20(29(19)8-9-31-2)32-12-18(30)26-15-6-7-17(22)16(11-15)21(23,24)25/h3-7,10-11H,8-9,12H2,1-2H3,(H,26,30). The fourth-order valence-electron chi connectivity index (χ4n) is 2.92. The first-order chi connectivity index (χ1) is 15.2. The van der Waals surface area contributed by atoms with Gasteiger partial charge in [0.2, 0.25) is 5.91 Å². The number of methoxy groups -OCH3 is 1. The van der Waals surface area contributed by atoms with Crippen LogP contribution < -0.4 is 5.32 Å². The van der Waals surface area contributed by atoms with Gasteiger partial charge in [-0.05, 0) is 31.2 Å². The minimum atomic E-state index is -4.61. The topological polar surface area (TPSA) is 69.0 Å². The van der Waals surface area contributed by atoms with Crippen LogP contribution in [0.5, 0.6) is 0 Å². The van der Waals surface area contributed by atoms with Crippen molar-refractivity contribution in [2.24, 2.45) is 0 Å². The molecular formula is C21H20ClF3N4O2S. The highest BCUT2D eigenvalue weighted by atomic mass is 35.5. The van der Waals surface area contributed by atoms with Crippen LogP contribution in [0.25, 0.3) is 11.4 Å². The first kappa shape index (κ1) is 24.1. The van der Waals surface area contributed by atoms with Gasteiger partial charge in [-0.25, -0.2) is 0 Å². The fourth-order valence-corrected chi connectivity index (χ4v) is 3.91. The van der Waals surface area contributed by atoms with Crippen LogP contribution in [0.3, 0.4) is 0 Å². The van der Waals surface area contributed by atoms with Gasteiger partial charge in [0.05, 0.1) is 29.5 Å². The number of thioether (sulfide) groups is 1.